The van der Waals surface area contributed by atoms with Crippen LogP contribution in [-0.2, 0) is 18.7 Å². The molecule has 2 aromatic rings. The molecule has 0 amide bonds. The molecule has 2 aromatic carbocycles. The van der Waals surface area contributed by atoms with Gasteiger partial charge in [-0.1, -0.05) is 29.8 Å². The minimum atomic E-state index is -0.886. The van der Waals surface area contributed by atoms with Crippen molar-refractivity contribution in [3.63, 3.8) is 0 Å². The highest BCUT2D eigenvalue weighted by Gasteiger charge is 2.26. The lowest BCUT2D eigenvalue weighted by atomic mass is 9.93. The monoisotopic (exact) mass is 368 g/mol. The maximum Gasteiger partial charge on any atom is 0.123 e. The Kier molecular flexibility index (Phi) is 5.89. The number of rotatable bonds is 5. The molecule has 0 aliphatic carbocycles. The van der Waals surface area contributed by atoms with E-state index in [-0.39, 0.29) is 0 Å². The van der Waals surface area contributed by atoms with Crippen molar-refractivity contribution in [2.24, 2.45) is 0 Å². The van der Waals surface area contributed by atoms with E-state index in [1.54, 1.807) is 0 Å². The van der Waals surface area contributed by atoms with Gasteiger partial charge in [0.1, 0.15) is 12.4 Å². The quantitative estimate of drug-likeness (QED) is 0.877. The number of likely N-dealkylation sites (N-methyl/N-ethyl adjacent to an activating group) is 1. The van der Waals surface area contributed by atoms with Crippen LogP contribution < -0.4 is 4.74 Å². The fourth-order valence-electron chi connectivity index (χ4n) is 3.89. The molecule has 0 saturated heterocycles. The third-order valence-corrected chi connectivity index (χ3v) is 5.26. The Hall–Kier alpha value is -1.88. The van der Waals surface area contributed by atoms with Crippen LogP contribution in [0.15, 0.2) is 36.4 Å². The largest absolute Gasteiger partial charge is 0.492 e. The Morgan fingerprint density at radius 3 is 2.63 bits per heavy atom. The molecule has 1 aliphatic rings. The number of hydrogen-bond acceptors (Lipinski definition) is 4. The van der Waals surface area contributed by atoms with Crippen LogP contribution in [-0.4, -0.2) is 48.7 Å². The first-order valence-electron chi connectivity index (χ1n) is 9.66. The van der Waals surface area contributed by atoms with E-state index in [1.165, 1.54) is 16.7 Å². The molecular formula is C23H32N2O2. The predicted octanol–water partition coefficient (Wildman–Crippen LogP) is 3.47. The summed E-state index contributed by atoms with van der Waals surface area (Å²) in [6.45, 7) is 10.1. The number of nitrogens with zero attached hydrogens (tertiary/aromatic N) is 2. The van der Waals surface area contributed by atoms with Crippen molar-refractivity contribution in [3.8, 4) is 5.75 Å². The first-order valence-corrected chi connectivity index (χ1v) is 9.66. The molecule has 0 fully saturated rings. The molecule has 0 bridgehead atoms. The summed E-state index contributed by atoms with van der Waals surface area (Å²) in [4.78, 5) is 4.43. The first kappa shape index (κ1) is 19.9. The molecule has 4 heteroatoms. The van der Waals surface area contributed by atoms with Crippen LogP contribution >= 0.6 is 0 Å². The second-order valence-electron chi connectivity index (χ2n) is 8.32. The van der Waals surface area contributed by atoms with Crippen LogP contribution in [0.1, 0.15) is 34.7 Å². The Labute approximate surface area is 163 Å². The molecule has 0 radical (unpaired) electrons. The first-order chi connectivity index (χ1) is 12.7. The molecule has 4 nitrogen and oxygen atoms in total. The normalized spacial score (nSPS) is 17.1. The topological polar surface area (TPSA) is 35.9 Å². The van der Waals surface area contributed by atoms with Crippen molar-refractivity contribution >= 4 is 0 Å². The minimum Gasteiger partial charge on any atom is -0.492 e. The number of hydrogen-bond donors (Lipinski definition) is 1. The summed E-state index contributed by atoms with van der Waals surface area (Å²) in [6.07, 6.45) is 0. The lowest BCUT2D eigenvalue weighted by Crippen LogP contribution is -2.34. The van der Waals surface area contributed by atoms with Gasteiger partial charge in [-0.25, -0.2) is 0 Å². The number of benzene rings is 2. The standard InChI is InChI=1S/C23H32N2O2/c1-17-6-7-19(18(2)12-17)14-25-10-11-27-22-9-8-21(13-20(22)15-25)23(3,26)16-24(4)5/h6-9,12-13,26H,10-11,14-16H2,1-5H3/t23-/m1/s1. The van der Waals surface area contributed by atoms with Crippen molar-refractivity contribution in [2.75, 3.05) is 33.8 Å². The van der Waals surface area contributed by atoms with Gasteiger partial charge in [0.2, 0.25) is 0 Å². The van der Waals surface area contributed by atoms with Crippen molar-refractivity contribution < 1.29 is 9.84 Å². The van der Waals surface area contributed by atoms with Crippen LogP contribution in [0.5, 0.6) is 5.75 Å². The maximum atomic E-state index is 10.9. The molecule has 1 aliphatic heterocycles. The smallest absolute Gasteiger partial charge is 0.123 e. The molecule has 0 aromatic heterocycles. The third kappa shape index (κ3) is 4.89. The average Bonchev–Trinajstić information content (AvgIpc) is 2.77. The molecule has 0 unspecified atom stereocenters. The van der Waals surface area contributed by atoms with E-state index in [2.05, 4.69) is 43.0 Å². The molecule has 1 atom stereocenters. The van der Waals surface area contributed by atoms with Crippen LogP contribution in [0.25, 0.3) is 0 Å². The SMILES string of the molecule is Cc1ccc(CN2CCOc3ccc([C@](C)(O)CN(C)C)cc3C2)c(C)c1. The third-order valence-electron chi connectivity index (χ3n) is 5.26. The van der Waals surface area contributed by atoms with Crippen LogP contribution in [0.4, 0.5) is 0 Å². The Balaban J connectivity index is 1.82. The lowest BCUT2D eigenvalue weighted by molar-refractivity contribution is 0.0299. The summed E-state index contributed by atoms with van der Waals surface area (Å²) in [6, 6.07) is 12.8. The predicted molar refractivity (Wildman–Crippen MR) is 110 cm³/mol. The summed E-state index contributed by atoms with van der Waals surface area (Å²) in [5.41, 5.74) is 5.19. The number of aryl methyl sites for hydroxylation is 2. The van der Waals surface area contributed by atoms with E-state index in [0.717, 1.165) is 36.5 Å². The van der Waals surface area contributed by atoms with Gasteiger partial charge in [-0.05, 0) is 63.7 Å². The van der Waals surface area contributed by atoms with Gasteiger partial charge in [-0.15, -0.1) is 0 Å². The van der Waals surface area contributed by atoms with E-state index in [0.29, 0.717) is 13.2 Å². The number of fused-ring (bicyclic) bond motifs is 1. The van der Waals surface area contributed by atoms with E-state index >= 15 is 0 Å². The van der Waals surface area contributed by atoms with Gasteiger partial charge in [0, 0.05) is 31.7 Å². The second kappa shape index (κ2) is 8.01. The summed E-state index contributed by atoms with van der Waals surface area (Å²) in [5.74, 6) is 0.933. The van der Waals surface area contributed by atoms with Crippen molar-refractivity contribution in [3.05, 3.63) is 64.2 Å². The zero-order valence-electron chi connectivity index (χ0n) is 17.2. The highest BCUT2D eigenvalue weighted by Crippen LogP contribution is 2.30. The maximum absolute atomic E-state index is 10.9. The molecular weight excluding hydrogens is 336 g/mol. The average molecular weight is 369 g/mol. The molecule has 1 heterocycles. The zero-order valence-corrected chi connectivity index (χ0v) is 17.2. The summed E-state index contributed by atoms with van der Waals surface area (Å²) in [5, 5.41) is 10.9. The van der Waals surface area contributed by atoms with Gasteiger partial charge >= 0.3 is 0 Å². The fourth-order valence-corrected chi connectivity index (χ4v) is 3.89. The van der Waals surface area contributed by atoms with E-state index in [4.69, 9.17) is 4.74 Å². The second-order valence-corrected chi connectivity index (χ2v) is 8.32. The summed E-state index contributed by atoms with van der Waals surface area (Å²) in [7, 11) is 3.96. The van der Waals surface area contributed by atoms with Crippen molar-refractivity contribution in [1.82, 2.24) is 9.80 Å². The molecule has 0 spiro atoms. The van der Waals surface area contributed by atoms with Crippen LogP contribution in [0, 0.1) is 13.8 Å². The molecule has 1 N–H and O–H groups in total. The van der Waals surface area contributed by atoms with Gasteiger partial charge < -0.3 is 14.7 Å². The van der Waals surface area contributed by atoms with E-state index in [9.17, 15) is 5.11 Å². The number of aliphatic hydroxyl groups is 1. The highest BCUT2D eigenvalue weighted by atomic mass is 16.5. The van der Waals surface area contributed by atoms with Gasteiger partial charge in [0.15, 0.2) is 0 Å². The minimum absolute atomic E-state index is 0.582. The molecule has 3 rings (SSSR count). The summed E-state index contributed by atoms with van der Waals surface area (Å²) < 4.78 is 5.98. The fraction of sp³-hybridized carbons (Fsp3) is 0.478. The summed E-state index contributed by atoms with van der Waals surface area (Å²) >= 11 is 0. The van der Waals surface area contributed by atoms with Gasteiger partial charge in [-0.2, -0.15) is 0 Å². The van der Waals surface area contributed by atoms with E-state index < -0.39 is 5.60 Å². The van der Waals surface area contributed by atoms with Crippen molar-refractivity contribution in [1.29, 1.82) is 0 Å². The van der Waals surface area contributed by atoms with Gasteiger partial charge in [-0.3, -0.25) is 4.90 Å². The highest BCUT2D eigenvalue weighted by molar-refractivity contribution is 5.40. The molecule has 0 saturated carbocycles. The number of ether oxygens (including phenoxy) is 1. The van der Waals surface area contributed by atoms with Crippen LogP contribution in [0.2, 0.25) is 0 Å². The van der Waals surface area contributed by atoms with Gasteiger partial charge in [0.05, 0.1) is 5.60 Å². The Morgan fingerprint density at radius 1 is 1.15 bits per heavy atom. The van der Waals surface area contributed by atoms with Crippen LogP contribution in [0.3, 0.4) is 0 Å². The molecule has 146 valence electrons. The molecule has 27 heavy (non-hydrogen) atoms. The van der Waals surface area contributed by atoms with E-state index in [1.807, 2.05) is 38.1 Å². The zero-order chi connectivity index (χ0) is 19.6. The lowest BCUT2D eigenvalue weighted by Gasteiger charge is -2.28. The van der Waals surface area contributed by atoms with Crippen molar-refractivity contribution in [2.45, 2.75) is 39.5 Å². The Morgan fingerprint density at radius 2 is 1.93 bits per heavy atom. The Bertz CT molecular complexity index is 799. The van der Waals surface area contributed by atoms with Gasteiger partial charge in [0.25, 0.3) is 0 Å².